The highest BCUT2D eigenvalue weighted by atomic mass is 16.5. The molecule has 0 bridgehead atoms. The van der Waals surface area contributed by atoms with Crippen LogP contribution in [0.2, 0.25) is 0 Å². The van der Waals surface area contributed by atoms with E-state index in [2.05, 4.69) is 0 Å². The summed E-state index contributed by atoms with van der Waals surface area (Å²) >= 11 is 0. The standard InChI is InChI=1S/C11H22O4/c1-6-8(13)9(14)7(5-12)15-10(6)11(2,3)4/h6-10,12-14H,5H2,1-4H3/t6-,7+,8+,9+,10?/m0/s1. The fraction of sp³-hybridized carbons (Fsp3) is 1.00. The molecule has 90 valence electrons. The predicted molar refractivity (Wildman–Crippen MR) is 56.4 cm³/mol. The van der Waals surface area contributed by atoms with Crippen LogP contribution < -0.4 is 0 Å². The molecule has 4 nitrogen and oxygen atoms in total. The Hall–Kier alpha value is -0.160. The lowest BCUT2D eigenvalue weighted by atomic mass is 9.76. The van der Waals surface area contributed by atoms with E-state index < -0.39 is 18.3 Å². The summed E-state index contributed by atoms with van der Waals surface area (Å²) < 4.78 is 5.63. The van der Waals surface area contributed by atoms with Gasteiger partial charge in [-0.3, -0.25) is 0 Å². The van der Waals surface area contributed by atoms with Crippen LogP contribution in [-0.4, -0.2) is 46.3 Å². The van der Waals surface area contributed by atoms with Crippen molar-refractivity contribution in [3.63, 3.8) is 0 Å². The topological polar surface area (TPSA) is 69.9 Å². The van der Waals surface area contributed by atoms with E-state index in [9.17, 15) is 10.2 Å². The first kappa shape index (κ1) is 12.9. The summed E-state index contributed by atoms with van der Waals surface area (Å²) in [4.78, 5) is 0. The first-order valence-electron chi connectivity index (χ1n) is 5.41. The molecule has 15 heavy (non-hydrogen) atoms. The Morgan fingerprint density at radius 2 is 1.67 bits per heavy atom. The summed E-state index contributed by atoms with van der Waals surface area (Å²) in [6.07, 6.45) is -2.67. The summed E-state index contributed by atoms with van der Waals surface area (Å²) in [5.74, 6) is -0.136. The minimum absolute atomic E-state index is 0.117. The first-order chi connectivity index (χ1) is 6.79. The fourth-order valence-electron chi connectivity index (χ4n) is 2.25. The van der Waals surface area contributed by atoms with Gasteiger partial charge in [-0.1, -0.05) is 27.7 Å². The third-order valence-electron chi connectivity index (χ3n) is 3.10. The smallest absolute Gasteiger partial charge is 0.109 e. The Kier molecular flexibility index (Phi) is 3.76. The maximum absolute atomic E-state index is 9.84. The number of aliphatic hydroxyl groups excluding tert-OH is 3. The van der Waals surface area contributed by atoms with Crippen LogP contribution in [0.1, 0.15) is 27.7 Å². The average Bonchev–Trinajstić information content (AvgIpc) is 2.13. The summed E-state index contributed by atoms with van der Waals surface area (Å²) in [5, 5.41) is 28.5. The lowest BCUT2D eigenvalue weighted by molar-refractivity contribution is -0.228. The van der Waals surface area contributed by atoms with E-state index in [1.165, 1.54) is 0 Å². The Bertz CT molecular complexity index is 209. The van der Waals surface area contributed by atoms with Crippen molar-refractivity contribution in [1.82, 2.24) is 0 Å². The molecule has 0 saturated carbocycles. The highest BCUT2D eigenvalue weighted by Crippen LogP contribution is 2.36. The van der Waals surface area contributed by atoms with Gasteiger partial charge in [-0.05, 0) is 5.41 Å². The molecule has 0 aromatic carbocycles. The molecule has 0 amide bonds. The van der Waals surface area contributed by atoms with Crippen LogP contribution in [0.15, 0.2) is 0 Å². The van der Waals surface area contributed by atoms with E-state index in [-0.39, 0.29) is 24.0 Å². The largest absolute Gasteiger partial charge is 0.394 e. The molecule has 5 atom stereocenters. The predicted octanol–water partition coefficient (Wildman–Crippen LogP) is 0.150. The van der Waals surface area contributed by atoms with Crippen molar-refractivity contribution >= 4 is 0 Å². The van der Waals surface area contributed by atoms with Crippen molar-refractivity contribution in [3.05, 3.63) is 0 Å². The molecule has 1 rings (SSSR count). The molecule has 0 radical (unpaired) electrons. The summed E-state index contributed by atoms with van der Waals surface area (Å²) in [5.41, 5.74) is -0.117. The highest BCUT2D eigenvalue weighted by Gasteiger charge is 2.45. The minimum atomic E-state index is -0.997. The Morgan fingerprint density at radius 3 is 2.07 bits per heavy atom. The third-order valence-corrected chi connectivity index (χ3v) is 3.10. The van der Waals surface area contributed by atoms with E-state index in [4.69, 9.17) is 9.84 Å². The molecule has 1 aliphatic rings. The molecule has 4 heteroatoms. The molecule has 1 fully saturated rings. The lowest BCUT2D eigenvalue weighted by Gasteiger charge is -2.46. The van der Waals surface area contributed by atoms with Gasteiger partial charge in [0.2, 0.25) is 0 Å². The zero-order chi connectivity index (χ0) is 11.8. The van der Waals surface area contributed by atoms with Crippen molar-refractivity contribution in [2.75, 3.05) is 6.61 Å². The number of hydrogen-bond acceptors (Lipinski definition) is 4. The molecule has 1 aliphatic heterocycles. The second-order valence-electron chi connectivity index (χ2n) is 5.48. The SMILES string of the molecule is C[C@@H]1C(C(C)(C)C)O[C@H](CO)[C@@H](O)[C@@H]1O. The minimum Gasteiger partial charge on any atom is -0.394 e. The molecule has 0 aromatic heterocycles. The molecule has 0 spiro atoms. The van der Waals surface area contributed by atoms with Gasteiger partial charge in [-0.15, -0.1) is 0 Å². The average molecular weight is 218 g/mol. The van der Waals surface area contributed by atoms with E-state index >= 15 is 0 Å². The monoisotopic (exact) mass is 218 g/mol. The third kappa shape index (κ3) is 2.50. The Labute approximate surface area is 90.9 Å². The second kappa shape index (κ2) is 4.37. The van der Waals surface area contributed by atoms with E-state index in [0.29, 0.717) is 0 Å². The van der Waals surface area contributed by atoms with Gasteiger partial charge in [0, 0.05) is 5.92 Å². The van der Waals surface area contributed by atoms with Crippen LogP contribution in [0, 0.1) is 11.3 Å². The quantitative estimate of drug-likeness (QED) is 0.586. The molecule has 3 N–H and O–H groups in total. The fourth-order valence-corrected chi connectivity index (χ4v) is 2.25. The van der Waals surface area contributed by atoms with Crippen LogP contribution in [0.4, 0.5) is 0 Å². The van der Waals surface area contributed by atoms with Crippen molar-refractivity contribution < 1.29 is 20.1 Å². The number of hydrogen-bond donors (Lipinski definition) is 3. The van der Waals surface area contributed by atoms with Crippen molar-refractivity contribution in [2.24, 2.45) is 11.3 Å². The van der Waals surface area contributed by atoms with Gasteiger partial charge < -0.3 is 20.1 Å². The lowest BCUT2D eigenvalue weighted by Crippen LogP contribution is -2.57. The maximum Gasteiger partial charge on any atom is 0.109 e. The van der Waals surface area contributed by atoms with Crippen LogP contribution in [-0.2, 0) is 4.74 Å². The summed E-state index contributed by atoms with van der Waals surface area (Å²) in [7, 11) is 0. The summed E-state index contributed by atoms with van der Waals surface area (Å²) in [6.45, 7) is 7.65. The van der Waals surface area contributed by atoms with Crippen LogP contribution in [0.3, 0.4) is 0 Å². The normalized spacial score (nSPS) is 43.0. The van der Waals surface area contributed by atoms with E-state index in [0.717, 1.165) is 0 Å². The first-order valence-corrected chi connectivity index (χ1v) is 5.41. The van der Waals surface area contributed by atoms with Gasteiger partial charge >= 0.3 is 0 Å². The van der Waals surface area contributed by atoms with E-state index in [1.807, 2.05) is 27.7 Å². The van der Waals surface area contributed by atoms with Gasteiger partial charge in [0.15, 0.2) is 0 Å². The molecule has 1 saturated heterocycles. The zero-order valence-corrected chi connectivity index (χ0v) is 9.84. The van der Waals surface area contributed by atoms with Crippen LogP contribution in [0.5, 0.6) is 0 Å². The molecule has 0 aromatic rings. The molecular weight excluding hydrogens is 196 g/mol. The number of aliphatic hydroxyl groups is 3. The van der Waals surface area contributed by atoms with Crippen LogP contribution >= 0.6 is 0 Å². The zero-order valence-electron chi connectivity index (χ0n) is 9.84. The van der Waals surface area contributed by atoms with Crippen LogP contribution in [0.25, 0.3) is 0 Å². The number of ether oxygens (including phenoxy) is 1. The Balaban J connectivity index is 2.83. The van der Waals surface area contributed by atoms with Gasteiger partial charge in [-0.25, -0.2) is 0 Å². The molecule has 1 heterocycles. The van der Waals surface area contributed by atoms with Crippen molar-refractivity contribution in [1.29, 1.82) is 0 Å². The van der Waals surface area contributed by atoms with Crippen molar-refractivity contribution in [3.8, 4) is 0 Å². The summed E-state index contributed by atoms with van der Waals surface area (Å²) in [6, 6.07) is 0. The molecule has 1 unspecified atom stereocenters. The van der Waals surface area contributed by atoms with Gasteiger partial charge in [0.25, 0.3) is 0 Å². The second-order valence-corrected chi connectivity index (χ2v) is 5.48. The van der Waals surface area contributed by atoms with Gasteiger partial charge in [-0.2, -0.15) is 0 Å². The van der Waals surface area contributed by atoms with Gasteiger partial charge in [0.05, 0.1) is 18.8 Å². The highest BCUT2D eigenvalue weighted by molar-refractivity contribution is 4.94. The molecular formula is C11H22O4. The van der Waals surface area contributed by atoms with Gasteiger partial charge in [0.1, 0.15) is 12.2 Å². The van der Waals surface area contributed by atoms with E-state index in [1.54, 1.807) is 0 Å². The van der Waals surface area contributed by atoms with Crippen molar-refractivity contribution in [2.45, 2.75) is 52.1 Å². The maximum atomic E-state index is 9.84. The Morgan fingerprint density at radius 1 is 1.13 bits per heavy atom. The number of rotatable bonds is 1. The molecule has 0 aliphatic carbocycles.